The van der Waals surface area contributed by atoms with Gasteiger partial charge in [0.15, 0.2) is 0 Å². The number of carbonyl (C=O) groups is 2. The molecule has 0 unspecified atom stereocenters. The van der Waals surface area contributed by atoms with Gasteiger partial charge in [-0.3, -0.25) is 4.79 Å². The number of rotatable bonds is 4. The summed E-state index contributed by atoms with van der Waals surface area (Å²) in [5, 5.41) is 11.5. The quantitative estimate of drug-likeness (QED) is 0.794. The smallest absolute Gasteiger partial charge is 0.408 e. The van der Waals surface area contributed by atoms with Crippen LogP contribution in [0.5, 0.6) is 0 Å². The minimum absolute atomic E-state index is 0.0792. The Hall–Kier alpha value is -1.26. The number of nitrogens with one attached hydrogen (secondary N) is 1. The molecule has 17 heavy (non-hydrogen) atoms. The van der Waals surface area contributed by atoms with E-state index < -0.39 is 17.7 Å². The molecule has 5 heteroatoms. The average molecular weight is 243 g/mol. The Bertz CT molecular complexity index is 302. The molecule has 1 amide bonds. The van der Waals surface area contributed by atoms with Gasteiger partial charge >= 0.3 is 12.1 Å². The topological polar surface area (TPSA) is 75.6 Å². The van der Waals surface area contributed by atoms with Crippen molar-refractivity contribution in [2.24, 2.45) is 0 Å². The molecule has 0 radical (unpaired) electrons. The minimum atomic E-state index is -0.831. The Labute approximate surface area is 102 Å². The van der Waals surface area contributed by atoms with Gasteiger partial charge < -0.3 is 15.2 Å². The maximum atomic E-state index is 11.6. The number of hydrogen-bond acceptors (Lipinski definition) is 3. The largest absolute Gasteiger partial charge is 0.481 e. The number of hydrogen-bond donors (Lipinski definition) is 2. The van der Waals surface area contributed by atoms with E-state index in [2.05, 4.69) is 5.32 Å². The second-order valence-corrected chi connectivity index (χ2v) is 5.65. The fourth-order valence-electron chi connectivity index (χ4n) is 1.91. The first-order valence-electron chi connectivity index (χ1n) is 5.95. The summed E-state index contributed by atoms with van der Waals surface area (Å²) in [4.78, 5) is 22.2. The van der Waals surface area contributed by atoms with Crippen molar-refractivity contribution in [1.29, 1.82) is 0 Å². The van der Waals surface area contributed by atoms with Crippen molar-refractivity contribution < 1.29 is 19.4 Å². The number of ether oxygens (including phenoxy) is 1. The molecule has 1 aliphatic rings. The third-order valence-electron chi connectivity index (χ3n) is 2.89. The zero-order valence-electron chi connectivity index (χ0n) is 10.7. The fourth-order valence-corrected chi connectivity index (χ4v) is 1.91. The number of amides is 1. The number of aliphatic carboxylic acids is 1. The van der Waals surface area contributed by atoms with Gasteiger partial charge in [-0.15, -0.1) is 0 Å². The van der Waals surface area contributed by atoms with Gasteiger partial charge in [-0.25, -0.2) is 4.79 Å². The van der Waals surface area contributed by atoms with Crippen LogP contribution in [0.4, 0.5) is 4.79 Å². The molecular formula is C12H21NO4. The Morgan fingerprint density at radius 3 is 2.29 bits per heavy atom. The molecule has 0 aliphatic heterocycles. The summed E-state index contributed by atoms with van der Waals surface area (Å²) >= 11 is 0. The highest BCUT2D eigenvalue weighted by Crippen LogP contribution is 2.36. The van der Waals surface area contributed by atoms with Crippen LogP contribution in [-0.4, -0.2) is 28.3 Å². The molecule has 0 aromatic heterocycles. The van der Waals surface area contributed by atoms with Crippen LogP contribution in [0.15, 0.2) is 0 Å². The van der Waals surface area contributed by atoms with E-state index in [1.165, 1.54) is 0 Å². The molecule has 1 fully saturated rings. The third-order valence-corrected chi connectivity index (χ3v) is 2.89. The van der Waals surface area contributed by atoms with Crippen LogP contribution in [0, 0.1) is 0 Å². The zero-order chi connectivity index (χ0) is 13.1. The second-order valence-electron chi connectivity index (χ2n) is 5.65. The lowest BCUT2D eigenvalue weighted by atomic mass is 9.74. The summed E-state index contributed by atoms with van der Waals surface area (Å²) in [6, 6.07) is 0. The molecule has 2 N–H and O–H groups in total. The van der Waals surface area contributed by atoms with E-state index in [1.54, 1.807) is 20.8 Å². The van der Waals surface area contributed by atoms with Crippen LogP contribution in [-0.2, 0) is 9.53 Å². The molecule has 0 aromatic rings. The van der Waals surface area contributed by atoms with Crippen molar-refractivity contribution in [2.45, 2.75) is 64.0 Å². The van der Waals surface area contributed by atoms with Gasteiger partial charge in [0.05, 0.1) is 0 Å². The normalized spacial score (nSPS) is 18.1. The zero-order valence-corrected chi connectivity index (χ0v) is 10.7. The first-order valence-corrected chi connectivity index (χ1v) is 5.95. The van der Waals surface area contributed by atoms with E-state index >= 15 is 0 Å². The Morgan fingerprint density at radius 1 is 1.35 bits per heavy atom. The van der Waals surface area contributed by atoms with Crippen LogP contribution >= 0.6 is 0 Å². The summed E-state index contributed by atoms with van der Waals surface area (Å²) < 4.78 is 5.18. The number of carboxylic acid groups (broad SMARTS) is 1. The number of carbonyl (C=O) groups excluding carboxylic acids is 1. The highest BCUT2D eigenvalue weighted by atomic mass is 16.6. The first-order chi connectivity index (χ1) is 7.72. The van der Waals surface area contributed by atoms with Crippen LogP contribution < -0.4 is 5.32 Å². The average Bonchev–Trinajstić information content (AvgIpc) is 2.05. The van der Waals surface area contributed by atoms with E-state index in [1.807, 2.05) is 0 Å². The predicted molar refractivity (Wildman–Crippen MR) is 62.8 cm³/mol. The van der Waals surface area contributed by atoms with Crippen LogP contribution in [0.3, 0.4) is 0 Å². The fraction of sp³-hybridized carbons (Fsp3) is 0.833. The second kappa shape index (κ2) is 4.94. The lowest BCUT2D eigenvalue weighted by Crippen LogP contribution is -2.54. The highest BCUT2D eigenvalue weighted by molar-refractivity contribution is 5.70. The molecular weight excluding hydrogens is 222 g/mol. The molecule has 0 saturated heterocycles. The van der Waals surface area contributed by atoms with Crippen molar-refractivity contribution in [1.82, 2.24) is 5.32 Å². The van der Waals surface area contributed by atoms with Gasteiger partial charge in [0.2, 0.25) is 0 Å². The van der Waals surface area contributed by atoms with Gasteiger partial charge in [-0.05, 0) is 46.5 Å². The van der Waals surface area contributed by atoms with E-state index in [-0.39, 0.29) is 12.0 Å². The molecule has 1 saturated carbocycles. The molecule has 0 aromatic carbocycles. The van der Waals surface area contributed by atoms with Crippen LogP contribution in [0.2, 0.25) is 0 Å². The first kappa shape index (κ1) is 13.8. The van der Waals surface area contributed by atoms with Crippen molar-refractivity contribution in [3.8, 4) is 0 Å². The minimum Gasteiger partial charge on any atom is -0.481 e. The van der Waals surface area contributed by atoms with Crippen LogP contribution in [0.1, 0.15) is 52.9 Å². The summed E-state index contributed by atoms with van der Waals surface area (Å²) in [5.74, 6) is -0.831. The van der Waals surface area contributed by atoms with Gasteiger partial charge in [0, 0.05) is 12.0 Å². The molecule has 5 nitrogen and oxygen atoms in total. The van der Waals surface area contributed by atoms with Gasteiger partial charge in [0.1, 0.15) is 5.60 Å². The van der Waals surface area contributed by atoms with E-state index in [4.69, 9.17) is 9.84 Å². The van der Waals surface area contributed by atoms with Crippen LogP contribution in [0.25, 0.3) is 0 Å². The maximum Gasteiger partial charge on any atom is 0.408 e. The predicted octanol–water partition coefficient (Wildman–Crippen LogP) is 2.30. The van der Waals surface area contributed by atoms with Gasteiger partial charge in [0.25, 0.3) is 0 Å². The van der Waals surface area contributed by atoms with Crippen molar-refractivity contribution in [2.75, 3.05) is 0 Å². The summed E-state index contributed by atoms with van der Waals surface area (Å²) in [7, 11) is 0. The molecule has 1 aliphatic carbocycles. The molecule has 0 spiro atoms. The summed E-state index contributed by atoms with van der Waals surface area (Å²) in [6.45, 7) is 5.41. The number of alkyl carbamates (subject to hydrolysis) is 1. The van der Waals surface area contributed by atoms with Gasteiger partial charge in [-0.1, -0.05) is 0 Å². The maximum absolute atomic E-state index is 11.6. The lowest BCUT2D eigenvalue weighted by Gasteiger charge is -2.42. The summed E-state index contributed by atoms with van der Waals surface area (Å²) in [6.07, 6.45) is 2.79. The third kappa shape index (κ3) is 4.63. The Balaban J connectivity index is 2.46. The van der Waals surface area contributed by atoms with Gasteiger partial charge in [-0.2, -0.15) is 0 Å². The molecule has 1 rings (SSSR count). The van der Waals surface area contributed by atoms with Crippen molar-refractivity contribution in [3.63, 3.8) is 0 Å². The van der Waals surface area contributed by atoms with E-state index in [0.29, 0.717) is 6.42 Å². The van der Waals surface area contributed by atoms with Crippen molar-refractivity contribution >= 4 is 12.1 Å². The summed E-state index contributed by atoms with van der Waals surface area (Å²) in [5.41, 5.74) is -0.886. The van der Waals surface area contributed by atoms with Crippen molar-refractivity contribution in [3.05, 3.63) is 0 Å². The lowest BCUT2D eigenvalue weighted by molar-refractivity contribution is -0.137. The SMILES string of the molecule is CC(C)(C)OC(=O)NC1(CCC(=O)O)CCC1. The molecule has 0 bridgehead atoms. The standard InChI is InChI=1S/C12H21NO4/c1-11(2,3)17-10(16)13-12(6-4-7-12)8-5-9(14)15/h4-8H2,1-3H3,(H,13,16)(H,14,15). The Morgan fingerprint density at radius 2 is 1.94 bits per heavy atom. The Kier molecular flexibility index (Phi) is 4.01. The molecule has 0 atom stereocenters. The number of carboxylic acids is 1. The van der Waals surface area contributed by atoms with E-state index in [0.717, 1.165) is 19.3 Å². The highest BCUT2D eigenvalue weighted by Gasteiger charge is 2.39. The van der Waals surface area contributed by atoms with E-state index in [9.17, 15) is 9.59 Å². The monoisotopic (exact) mass is 243 g/mol. The molecule has 0 heterocycles. The molecule has 98 valence electrons.